The average Bonchev–Trinajstić information content (AvgIpc) is 2.42. The van der Waals surface area contributed by atoms with Gasteiger partial charge in [-0.3, -0.25) is 4.79 Å². The highest BCUT2D eigenvalue weighted by molar-refractivity contribution is 5.73. The van der Waals surface area contributed by atoms with Crippen molar-refractivity contribution in [2.75, 3.05) is 19.8 Å². The van der Waals surface area contributed by atoms with Crippen molar-refractivity contribution in [1.29, 1.82) is 0 Å². The van der Waals surface area contributed by atoms with Gasteiger partial charge in [-0.15, -0.1) is 0 Å². The van der Waals surface area contributed by atoms with Gasteiger partial charge in [0.1, 0.15) is 0 Å². The van der Waals surface area contributed by atoms with Crippen LogP contribution >= 0.6 is 0 Å². The molecule has 5 heteroatoms. The molecular weight excluding hydrogens is 256 g/mol. The number of hydrogen-bond acceptors (Lipinski definition) is 4. The summed E-state index contributed by atoms with van der Waals surface area (Å²) < 4.78 is 5.41. The lowest BCUT2D eigenvalue weighted by Gasteiger charge is -2.18. The van der Waals surface area contributed by atoms with Crippen LogP contribution in [0.2, 0.25) is 0 Å². The molecule has 0 aromatic rings. The van der Waals surface area contributed by atoms with Gasteiger partial charge in [-0.25, -0.2) is 0 Å². The fraction of sp³-hybridized carbons (Fsp3) is 0.933. The lowest BCUT2D eigenvalue weighted by Crippen LogP contribution is -2.35. The minimum Gasteiger partial charge on any atom is -0.395 e. The molecule has 0 aliphatic rings. The van der Waals surface area contributed by atoms with E-state index in [0.717, 1.165) is 19.3 Å². The molecule has 0 unspecified atom stereocenters. The van der Waals surface area contributed by atoms with E-state index in [-0.39, 0.29) is 24.6 Å². The van der Waals surface area contributed by atoms with E-state index < -0.39 is 0 Å². The van der Waals surface area contributed by atoms with Crippen LogP contribution < -0.4 is 11.1 Å². The van der Waals surface area contributed by atoms with Crippen molar-refractivity contribution < 1.29 is 14.6 Å². The Morgan fingerprint density at radius 1 is 1.25 bits per heavy atom. The molecular formula is C15H32N2O3. The maximum atomic E-state index is 11.2. The van der Waals surface area contributed by atoms with E-state index >= 15 is 0 Å². The van der Waals surface area contributed by atoms with Crippen molar-refractivity contribution in [3.8, 4) is 0 Å². The summed E-state index contributed by atoms with van der Waals surface area (Å²) in [6.45, 7) is 4.61. The van der Waals surface area contributed by atoms with Crippen molar-refractivity contribution in [3.63, 3.8) is 0 Å². The molecule has 0 aromatic heterocycles. The zero-order valence-corrected chi connectivity index (χ0v) is 13.1. The van der Waals surface area contributed by atoms with Gasteiger partial charge >= 0.3 is 0 Å². The molecule has 0 heterocycles. The molecule has 4 N–H and O–H groups in total. The fourth-order valence-corrected chi connectivity index (χ4v) is 2.08. The molecule has 0 aliphatic heterocycles. The van der Waals surface area contributed by atoms with Crippen LogP contribution in [-0.2, 0) is 9.53 Å². The van der Waals surface area contributed by atoms with Crippen molar-refractivity contribution in [1.82, 2.24) is 5.32 Å². The third kappa shape index (κ3) is 12.4. The summed E-state index contributed by atoms with van der Waals surface area (Å²) in [6.07, 6.45) is 7.96. The molecule has 0 rings (SSSR count). The van der Waals surface area contributed by atoms with Gasteiger partial charge in [0.2, 0.25) is 5.91 Å². The summed E-state index contributed by atoms with van der Waals surface area (Å²) >= 11 is 0. The molecule has 2 atom stereocenters. The molecule has 0 fully saturated rings. The van der Waals surface area contributed by atoms with Crippen LogP contribution in [0.3, 0.4) is 0 Å². The number of amides is 1. The summed E-state index contributed by atoms with van der Waals surface area (Å²) in [5.74, 6) is 0.00983. The SMILES string of the molecule is CCCCCCC[C@@H](CCOC[C@@H](N)CO)NC(C)=O. The second-order valence-corrected chi connectivity index (χ2v) is 5.41. The van der Waals surface area contributed by atoms with Gasteiger partial charge in [0.05, 0.1) is 19.3 Å². The highest BCUT2D eigenvalue weighted by Gasteiger charge is 2.10. The standard InChI is InChI=1S/C15H32N2O3/c1-3-4-5-6-7-8-15(17-13(2)19)9-10-20-12-14(16)11-18/h14-15,18H,3-12,16H2,1-2H3,(H,17,19)/t14-,15-/m0/s1. The molecule has 5 nitrogen and oxygen atoms in total. The van der Waals surface area contributed by atoms with Crippen LogP contribution in [-0.4, -0.2) is 42.9 Å². The Balaban J connectivity index is 3.75. The second-order valence-electron chi connectivity index (χ2n) is 5.41. The Labute approximate surface area is 123 Å². The number of rotatable bonds is 13. The molecule has 0 bridgehead atoms. The van der Waals surface area contributed by atoms with Gasteiger partial charge < -0.3 is 20.9 Å². The third-order valence-electron chi connectivity index (χ3n) is 3.24. The molecule has 0 saturated heterocycles. The number of nitrogens with one attached hydrogen (secondary N) is 1. The maximum absolute atomic E-state index is 11.2. The number of aliphatic hydroxyl groups excluding tert-OH is 1. The Morgan fingerprint density at radius 2 is 1.95 bits per heavy atom. The first-order chi connectivity index (χ1) is 9.60. The lowest BCUT2D eigenvalue weighted by molar-refractivity contribution is -0.119. The fourth-order valence-electron chi connectivity index (χ4n) is 2.08. The number of ether oxygens (including phenoxy) is 1. The smallest absolute Gasteiger partial charge is 0.217 e. The summed E-state index contributed by atoms with van der Waals surface area (Å²) in [5, 5.41) is 11.8. The number of aliphatic hydroxyl groups is 1. The molecule has 0 aliphatic carbocycles. The summed E-state index contributed by atoms with van der Waals surface area (Å²) in [5.41, 5.74) is 5.55. The predicted molar refractivity (Wildman–Crippen MR) is 81.5 cm³/mol. The molecule has 0 spiro atoms. The Kier molecular flexibility index (Phi) is 12.9. The largest absolute Gasteiger partial charge is 0.395 e. The summed E-state index contributed by atoms with van der Waals surface area (Å²) in [4.78, 5) is 11.2. The van der Waals surface area contributed by atoms with Crippen LogP contribution in [0.15, 0.2) is 0 Å². The van der Waals surface area contributed by atoms with Gasteiger partial charge in [-0.05, 0) is 12.8 Å². The highest BCUT2D eigenvalue weighted by Crippen LogP contribution is 2.09. The molecule has 20 heavy (non-hydrogen) atoms. The molecule has 0 saturated carbocycles. The van der Waals surface area contributed by atoms with E-state index in [9.17, 15) is 4.79 Å². The van der Waals surface area contributed by atoms with E-state index in [1.807, 2.05) is 0 Å². The van der Waals surface area contributed by atoms with Crippen molar-refractivity contribution in [3.05, 3.63) is 0 Å². The summed E-state index contributed by atoms with van der Waals surface area (Å²) in [6, 6.07) is -0.136. The first-order valence-electron chi connectivity index (χ1n) is 7.81. The number of carbonyl (C=O) groups excluding carboxylic acids is 1. The average molecular weight is 288 g/mol. The highest BCUT2D eigenvalue weighted by atomic mass is 16.5. The van der Waals surface area contributed by atoms with E-state index in [1.165, 1.54) is 25.7 Å². The first-order valence-corrected chi connectivity index (χ1v) is 7.81. The molecule has 1 amide bonds. The monoisotopic (exact) mass is 288 g/mol. The predicted octanol–water partition coefficient (Wildman–Crippen LogP) is 1.58. The van der Waals surface area contributed by atoms with Gasteiger partial charge in [0.25, 0.3) is 0 Å². The Bertz CT molecular complexity index is 237. The minimum absolute atomic E-state index is 0.00983. The number of carbonyl (C=O) groups is 1. The zero-order chi connectivity index (χ0) is 15.2. The van der Waals surface area contributed by atoms with Gasteiger partial charge in [-0.1, -0.05) is 39.0 Å². The van der Waals surface area contributed by atoms with Crippen LogP contribution in [0.4, 0.5) is 0 Å². The zero-order valence-electron chi connectivity index (χ0n) is 13.1. The minimum atomic E-state index is -0.316. The third-order valence-corrected chi connectivity index (χ3v) is 3.24. The maximum Gasteiger partial charge on any atom is 0.217 e. The van der Waals surface area contributed by atoms with Crippen molar-refractivity contribution >= 4 is 5.91 Å². The number of unbranched alkanes of at least 4 members (excludes halogenated alkanes) is 4. The Morgan fingerprint density at radius 3 is 2.55 bits per heavy atom. The van der Waals surface area contributed by atoms with Crippen LogP contribution in [0.5, 0.6) is 0 Å². The van der Waals surface area contributed by atoms with E-state index in [2.05, 4.69) is 12.2 Å². The van der Waals surface area contributed by atoms with E-state index in [1.54, 1.807) is 6.92 Å². The summed E-state index contributed by atoms with van der Waals surface area (Å²) in [7, 11) is 0. The van der Waals surface area contributed by atoms with Gasteiger partial charge in [-0.2, -0.15) is 0 Å². The topological polar surface area (TPSA) is 84.6 Å². The van der Waals surface area contributed by atoms with Crippen LogP contribution in [0, 0.1) is 0 Å². The number of nitrogens with two attached hydrogens (primary N) is 1. The van der Waals surface area contributed by atoms with E-state index in [4.69, 9.17) is 15.6 Å². The van der Waals surface area contributed by atoms with Gasteiger partial charge in [0, 0.05) is 19.6 Å². The normalized spacial score (nSPS) is 14.0. The van der Waals surface area contributed by atoms with Crippen LogP contribution in [0.25, 0.3) is 0 Å². The van der Waals surface area contributed by atoms with Gasteiger partial charge in [0.15, 0.2) is 0 Å². The van der Waals surface area contributed by atoms with E-state index in [0.29, 0.717) is 13.2 Å². The lowest BCUT2D eigenvalue weighted by atomic mass is 10.0. The molecule has 0 radical (unpaired) electrons. The quantitative estimate of drug-likeness (QED) is 0.449. The second kappa shape index (κ2) is 13.3. The number of hydrogen-bond donors (Lipinski definition) is 3. The van der Waals surface area contributed by atoms with Crippen molar-refractivity contribution in [2.45, 2.75) is 70.9 Å². The first kappa shape index (κ1) is 19.4. The Hall–Kier alpha value is -0.650. The molecule has 0 aromatic carbocycles. The van der Waals surface area contributed by atoms with Crippen molar-refractivity contribution in [2.24, 2.45) is 5.73 Å². The molecule has 120 valence electrons. The van der Waals surface area contributed by atoms with Crippen LogP contribution in [0.1, 0.15) is 58.8 Å².